The minimum atomic E-state index is -2.05. The standard InChI is InChI=1S/C11H15BrO8/c1-5(13)18-8-4-17-11(12,16)10(20-7(3)15)9(8)19-6(2)14/h8-10,16H,4H2,1-3H3/t8-,9-,10+,11-/m1/s1. The van der Waals surface area contributed by atoms with Gasteiger partial charge < -0.3 is 24.1 Å². The molecule has 0 spiro atoms. The first-order chi connectivity index (χ1) is 9.13. The van der Waals surface area contributed by atoms with E-state index < -0.39 is 40.9 Å². The lowest BCUT2D eigenvalue weighted by Crippen LogP contribution is -2.61. The minimum absolute atomic E-state index is 0.239. The van der Waals surface area contributed by atoms with E-state index in [-0.39, 0.29) is 6.61 Å². The molecule has 9 heteroatoms. The quantitative estimate of drug-likeness (QED) is 0.423. The summed E-state index contributed by atoms with van der Waals surface area (Å²) >= 11 is 2.84. The Hall–Kier alpha value is -1.19. The van der Waals surface area contributed by atoms with Gasteiger partial charge in [-0.15, -0.1) is 0 Å². The number of aliphatic hydroxyl groups is 1. The van der Waals surface area contributed by atoms with E-state index in [4.69, 9.17) is 18.9 Å². The fourth-order valence-electron chi connectivity index (χ4n) is 1.74. The van der Waals surface area contributed by atoms with Crippen molar-refractivity contribution in [1.29, 1.82) is 0 Å². The van der Waals surface area contributed by atoms with Crippen molar-refractivity contribution < 1.29 is 38.4 Å². The summed E-state index contributed by atoms with van der Waals surface area (Å²) in [7, 11) is 0. The van der Waals surface area contributed by atoms with Crippen molar-refractivity contribution >= 4 is 33.8 Å². The maximum Gasteiger partial charge on any atom is 0.303 e. The molecule has 0 radical (unpaired) electrons. The van der Waals surface area contributed by atoms with Gasteiger partial charge in [-0.3, -0.25) is 14.4 Å². The van der Waals surface area contributed by atoms with Crippen LogP contribution in [0.15, 0.2) is 0 Å². The molecule has 1 N–H and O–H groups in total. The van der Waals surface area contributed by atoms with Gasteiger partial charge in [-0.25, -0.2) is 0 Å². The van der Waals surface area contributed by atoms with Gasteiger partial charge in [0.25, 0.3) is 4.70 Å². The summed E-state index contributed by atoms with van der Waals surface area (Å²) in [6.07, 6.45) is -3.58. The highest BCUT2D eigenvalue weighted by Gasteiger charge is 2.54. The largest absolute Gasteiger partial charge is 0.456 e. The van der Waals surface area contributed by atoms with Gasteiger partial charge in [-0.2, -0.15) is 0 Å². The number of hydrogen-bond donors (Lipinski definition) is 1. The van der Waals surface area contributed by atoms with E-state index in [2.05, 4.69) is 15.9 Å². The molecule has 1 aliphatic heterocycles. The van der Waals surface area contributed by atoms with E-state index in [0.717, 1.165) is 13.8 Å². The number of carbonyl (C=O) groups excluding carboxylic acids is 3. The summed E-state index contributed by atoms with van der Waals surface area (Å²) in [6.45, 7) is 3.18. The zero-order valence-electron chi connectivity index (χ0n) is 11.1. The third-order valence-electron chi connectivity index (χ3n) is 2.38. The van der Waals surface area contributed by atoms with Crippen LogP contribution in [0, 0.1) is 0 Å². The lowest BCUT2D eigenvalue weighted by molar-refractivity contribution is -0.280. The summed E-state index contributed by atoms with van der Waals surface area (Å²) < 4.78 is 17.8. The van der Waals surface area contributed by atoms with Crippen LogP contribution in [0.4, 0.5) is 0 Å². The van der Waals surface area contributed by atoms with E-state index in [0.29, 0.717) is 0 Å². The molecular formula is C11H15BrO8. The molecule has 20 heavy (non-hydrogen) atoms. The van der Waals surface area contributed by atoms with Crippen LogP contribution in [0.25, 0.3) is 0 Å². The SMILES string of the molecule is CC(=O)O[C@@H]1[C@H](OC(C)=O)CO[C@@](O)(Br)[C@H]1OC(C)=O. The highest BCUT2D eigenvalue weighted by molar-refractivity contribution is 9.10. The first-order valence-electron chi connectivity index (χ1n) is 5.70. The Balaban J connectivity index is 3.02. The van der Waals surface area contributed by atoms with Gasteiger partial charge in [0.1, 0.15) is 0 Å². The molecule has 0 bridgehead atoms. The molecule has 4 atom stereocenters. The van der Waals surface area contributed by atoms with Gasteiger partial charge in [-0.1, -0.05) is 0 Å². The van der Waals surface area contributed by atoms with Crippen LogP contribution < -0.4 is 0 Å². The lowest BCUT2D eigenvalue weighted by atomic mass is 10.0. The van der Waals surface area contributed by atoms with Gasteiger partial charge in [-0.05, 0) is 15.9 Å². The third-order valence-corrected chi connectivity index (χ3v) is 3.06. The zero-order chi connectivity index (χ0) is 15.5. The molecule has 0 aromatic heterocycles. The fraction of sp³-hybridized carbons (Fsp3) is 0.727. The van der Waals surface area contributed by atoms with Crippen molar-refractivity contribution in [3.8, 4) is 0 Å². The van der Waals surface area contributed by atoms with E-state index in [1.807, 2.05) is 0 Å². The van der Waals surface area contributed by atoms with Crippen molar-refractivity contribution in [3.63, 3.8) is 0 Å². The molecule has 0 amide bonds. The monoisotopic (exact) mass is 354 g/mol. The molecule has 114 valence electrons. The lowest BCUT2D eigenvalue weighted by Gasteiger charge is -2.42. The number of alkyl halides is 1. The molecule has 1 fully saturated rings. The smallest absolute Gasteiger partial charge is 0.303 e. The van der Waals surface area contributed by atoms with Crippen LogP contribution in [-0.4, -0.2) is 52.6 Å². The van der Waals surface area contributed by atoms with Crippen molar-refractivity contribution in [2.75, 3.05) is 6.61 Å². The van der Waals surface area contributed by atoms with Crippen LogP contribution in [0.3, 0.4) is 0 Å². The molecule has 1 saturated heterocycles. The Morgan fingerprint density at radius 3 is 2.05 bits per heavy atom. The predicted octanol–water partition coefficient (Wildman–Crippen LogP) is -0.147. The van der Waals surface area contributed by atoms with E-state index in [1.54, 1.807) is 0 Å². The molecule has 0 aliphatic carbocycles. The predicted molar refractivity (Wildman–Crippen MR) is 66.5 cm³/mol. The Morgan fingerprint density at radius 1 is 1.10 bits per heavy atom. The number of hydrogen-bond acceptors (Lipinski definition) is 8. The van der Waals surface area contributed by atoms with E-state index in [1.165, 1.54) is 6.92 Å². The average molecular weight is 355 g/mol. The van der Waals surface area contributed by atoms with Gasteiger partial charge in [0.2, 0.25) is 6.10 Å². The van der Waals surface area contributed by atoms with Crippen molar-refractivity contribution in [1.82, 2.24) is 0 Å². The van der Waals surface area contributed by atoms with Crippen molar-refractivity contribution in [3.05, 3.63) is 0 Å². The Bertz CT molecular complexity index is 407. The second kappa shape index (κ2) is 6.51. The molecule has 0 aromatic rings. The minimum Gasteiger partial charge on any atom is -0.456 e. The molecule has 1 heterocycles. The normalized spacial score (nSPS) is 33.1. The highest BCUT2D eigenvalue weighted by atomic mass is 79.9. The van der Waals surface area contributed by atoms with Crippen LogP contribution in [0.5, 0.6) is 0 Å². The third kappa shape index (κ3) is 4.43. The molecule has 0 unspecified atom stereocenters. The summed E-state index contributed by atoms with van der Waals surface area (Å²) in [6, 6.07) is 0. The van der Waals surface area contributed by atoms with E-state index in [9.17, 15) is 19.5 Å². The average Bonchev–Trinajstić information content (AvgIpc) is 2.26. The maximum absolute atomic E-state index is 11.1. The fourth-order valence-corrected chi connectivity index (χ4v) is 2.22. The highest BCUT2D eigenvalue weighted by Crippen LogP contribution is 2.34. The molecule has 0 aromatic carbocycles. The number of ether oxygens (including phenoxy) is 4. The van der Waals surface area contributed by atoms with Gasteiger partial charge in [0.15, 0.2) is 12.2 Å². The van der Waals surface area contributed by atoms with Gasteiger partial charge >= 0.3 is 17.9 Å². The Morgan fingerprint density at radius 2 is 1.60 bits per heavy atom. The second-order valence-electron chi connectivity index (χ2n) is 4.17. The number of halogens is 1. The molecule has 8 nitrogen and oxygen atoms in total. The first-order valence-corrected chi connectivity index (χ1v) is 6.49. The number of carbonyl (C=O) groups is 3. The maximum atomic E-state index is 11.1. The molecule has 0 saturated carbocycles. The summed E-state index contributed by atoms with van der Waals surface area (Å²) in [5.41, 5.74) is 0. The number of rotatable bonds is 3. The van der Waals surface area contributed by atoms with Crippen LogP contribution in [0.1, 0.15) is 20.8 Å². The topological polar surface area (TPSA) is 108 Å². The van der Waals surface area contributed by atoms with Crippen molar-refractivity contribution in [2.45, 2.75) is 43.8 Å². The van der Waals surface area contributed by atoms with Crippen LogP contribution in [-0.2, 0) is 33.3 Å². The summed E-state index contributed by atoms with van der Waals surface area (Å²) in [5.74, 6) is -2.04. The Kier molecular flexibility index (Phi) is 5.49. The number of esters is 3. The molecule has 1 rings (SSSR count). The first kappa shape index (κ1) is 16.9. The van der Waals surface area contributed by atoms with Crippen molar-refractivity contribution in [2.24, 2.45) is 0 Å². The van der Waals surface area contributed by atoms with Gasteiger partial charge in [0.05, 0.1) is 6.61 Å². The Labute approximate surface area is 123 Å². The van der Waals surface area contributed by atoms with Crippen LogP contribution in [0.2, 0.25) is 0 Å². The molecular weight excluding hydrogens is 340 g/mol. The zero-order valence-corrected chi connectivity index (χ0v) is 12.7. The summed E-state index contributed by atoms with van der Waals surface area (Å²) in [5, 5.41) is 10.0. The van der Waals surface area contributed by atoms with Crippen LogP contribution >= 0.6 is 15.9 Å². The molecule has 1 aliphatic rings. The second-order valence-corrected chi connectivity index (χ2v) is 5.31. The summed E-state index contributed by atoms with van der Waals surface area (Å²) in [4.78, 5) is 33.3. The van der Waals surface area contributed by atoms with Gasteiger partial charge in [0, 0.05) is 20.8 Å². The van der Waals surface area contributed by atoms with E-state index >= 15 is 0 Å².